The van der Waals surface area contributed by atoms with Crippen LogP contribution in [0, 0.1) is 5.92 Å². The zero-order chi connectivity index (χ0) is 12.7. The Bertz CT molecular complexity index is 833. The van der Waals surface area contributed by atoms with E-state index in [2.05, 4.69) is 6.92 Å². The minimum Gasteiger partial charge on any atom is -0.449 e. The SMILES string of the molecule is CCCC1CC2CC1c1c2c2oc1c1oc(=O)oc21. The first-order chi connectivity index (χ1) is 9.28. The molecule has 4 bridgehead atoms. The predicted molar refractivity (Wildman–Crippen MR) is 68.8 cm³/mol. The van der Waals surface area contributed by atoms with Crippen LogP contribution in [0.4, 0.5) is 0 Å². The second kappa shape index (κ2) is 3.06. The fourth-order valence-corrected chi connectivity index (χ4v) is 4.55. The van der Waals surface area contributed by atoms with E-state index >= 15 is 0 Å². The van der Waals surface area contributed by atoms with Gasteiger partial charge in [-0.2, -0.15) is 0 Å². The Morgan fingerprint density at radius 1 is 1.00 bits per heavy atom. The van der Waals surface area contributed by atoms with Crippen molar-refractivity contribution >= 4 is 22.3 Å². The molecule has 1 saturated carbocycles. The molecular weight excluding hydrogens is 244 g/mol. The van der Waals surface area contributed by atoms with Crippen molar-refractivity contribution in [1.82, 2.24) is 0 Å². The minimum atomic E-state index is -0.623. The molecule has 1 fully saturated rings. The van der Waals surface area contributed by atoms with Crippen LogP contribution in [0.25, 0.3) is 22.3 Å². The maximum atomic E-state index is 11.3. The lowest BCUT2D eigenvalue weighted by Crippen LogP contribution is -2.09. The van der Waals surface area contributed by atoms with Gasteiger partial charge in [0.25, 0.3) is 0 Å². The van der Waals surface area contributed by atoms with E-state index in [0.717, 1.165) is 17.1 Å². The first kappa shape index (κ1) is 10.1. The third-order valence-electron chi connectivity index (χ3n) is 5.11. The van der Waals surface area contributed by atoms with Gasteiger partial charge in [0.05, 0.1) is 0 Å². The summed E-state index contributed by atoms with van der Waals surface area (Å²) in [7, 11) is 0. The highest BCUT2D eigenvalue weighted by Crippen LogP contribution is 2.62. The highest BCUT2D eigenvalue weighted by molar-refractivity contribution is 6.05. The molecule has 2 aliphatic rings. The Kier molecular flexibility index (Phi) is 1.63. The molecule has 0 spiro atoms. The molecule has 19 heavy (non-hydrogen) atoms. The van der Waals surface area contributed by atoms with Gasteiger partial charge in [-0.25, -0.2) is 4.79 Å². The zero-order valence-corrected chi connectivity index (χ0v) is 10.7. The van der Waals surface area contributed by atoms with Crippen LogP contribution >= 0.6 is 0 Å². The molecule has 98 valence electrons. The van der Waals surface area contributed by atoms with Gasteiger partial charge in [-0.1, -0.05) is 19.8 Å². The molecule has 0 aromatic carbocycles. The van der Waals surface area contributed by atoms with Crippen LogP contribution in [0.3, 0.4) is 0 Å². The van der Waals surface area contributed by atoms with Crippen molar-refractivity contribution < 1.29 is 13.3 Å². The van der Waals surface area contributed by atoms with Gasteiger partial charge < -0.3 is 13.3 Å². The summed E-state index contributed by atoms with van der Waals surface area (Å²) in [6, 6.07) is 0. The molecular formula is C15H14O4. The monoisotopic (exact) mass is 258 g/mol. The van der Waals surface area contributed by atoms with Gasteiger partial charge in [0.2, 0.25) is 11.2 Å². The lowest BCUT2D eigenvalue weighted by molar-refractivity contribution is 0.405. The van der Waals surface area contributed by atoms with E-state index < -0.39 is 5.82 Å². The lowest BCUT2D eigenvalue weighted by Gasteiger charge is -2.21. The smallest absolute Gasteiger partial charge is 0.449 e. The summed E-state index contributed by atoms with van der Waals surface area (Å²) in [6.07, 6.45) is 5.01. The normalized spacial score (nSPS) is 29.0. The van der Waals surface area contributed by atoms with Crippen molar-refractivity contribution in [2.24, 2.45) is 5.92 Å². The summed E-state index contributed by atoms with van der Waals surface area (Å²) in [5.74, 6) is 1.34. The Morgan fingerprint density at radius 3 is 2.47 bits per heavy atom. The van der Waals surface area contributed by atoms with Gasteiger partial charge in [-0.15, -0.1) is 0 Å². The van der Waals surface area contributed by atoms with Gasteiger partial charge in [-0.05, 0) is 30.6 Å². The summed E-state index contributed by atoms with van der Waals surface area (Å²) in [6.45, 7) is 2.24. The molecule has 3 aromatic heterocycles. The number of hydrogen-bond acceptors (Lipinski definition) is 4. The average molecular weight is 258 g/mol. The molecule has 4 heteroatoms. The van der Waals surface area contributed by atoms with Crippen LogP contribution in [0.1, 0.15) is 55.6 Å². The number of hydrogen-bond donors (Lipinski definition) is 0. The van der Waals surface area contributed by atoms with E-state index in [1.54, 1.807) is 0 Å². The molecule has 0 amide bonds. The Balaban J connectivity index is 1.80. The van der Waals surface area contributed by atoms with E-state index in [1.165, 1.54) is 36.8 Å². The third kappa shape index (κ3) is 1.01. The molecule has 5 rings (SSSR count). The van der Waals surface area contributed by atoms with Gasteiger partial charge in [0.15, 0.2) is 11.2 Å². The molecule has 2 aliphatic carbocycles. The Morgan fingerprint density at radius 2 is 1.74 bits per heavy atom. The summed E-state index contributed by atoms with van der Waals surface area (Å²) in [4.78, 5) is 11.3. The quantitative estimate of drug-likeness (QED) is 0.698. The van der Waals surface area contributed by atoms with E-state index in [1.807, 2.05) is 0 Å². The molecule has 0 N–H and O–H groups in total. The maximum Gasteiger partial charge on any atom is 0.519 e. The van der Waals surface area contributed by atoms with Gasteiger partial charge in [0.1, 0.15) is 0 Å². The lowest BCUT2D eigenvalue weighted by atomic mass is 9.81. The number of rotatable bonds is 2. The van der Waals surface area contributed by atoms with Crippen LogP contribution in [-0.2, 0) is 0 Å². The predicted octanol–water partition coefficient (Wildman–Crippen LogP) is 3.96. The van der Waals surface area contributed by atoms with E-state index in [-0.39, 0.29) is 0 Å². The molecule has 0 aliphatic heterocycles. The fourth-order valence-electron chi connectivity index (χ4n) is 4.55. The van der Waals surface area contributed by atoms with Crippen LogP contribution in [0.15, 0.2) is 18.0 Å². The van der Waals surface area contributed by atoms with Crippen LogP contribution in [0.2, 0.25) is 0 Å². The highest BCUT2D eigenvalue weighted by atomic mass is 16.6. The maximum absolute atomic E-state index is 11.3. The van der Waals surface area contributed by atoms with Crippen molar-refractivity contribution in [1.29, 1.82) is 0 Å². The fraction of sp³-hybridized carbons (Fsp3) is 0.533. The van der Waals surface area contributed by atoms with Crippen molar-refractivity contribution in [3.8, 4) is 0 Å². The van der Waals surface area contributed by atoms with Crippen LogP contribution in [-0.4, -0.2) is 0 Å². The number of benzene rings is 1. The summed E-state index contributed by atoms with van der Waals surface area (Å²) < 4.78 is 16.1. The largest absolute Gasteiger partial charge is 0.519 e. The van der Waals surface area contributed by atoms with Crippen molar-refractivity contribution in [2.45, 2.75) is 44.4 Å². The third-order valence-corrected chi connectivity index (χ3v) is 5.11. The summed E-state index contributed by atoms with van der Waals surface area (Å²) in [5, 5.41) is 0. The average Bonchev–Trinajstić information content (AvgIpc) is 3.06. The molecule has 3 aromatic rings. The first-order valence-electron chi connectivity index (χ1n) is 7.09. The van der Waals surface area contributed by atoms with Gasteiger partial charge in [-0.3, -0.25) is 0 Å². The van der Waals surface area contributed by atoms with E-state index in [0.29, 0.717) is 23.0 Å². The Labute approximate surface area is 108 Å². The van der Waals surface area contributed by atoms with Gasteiger partial charge >= 0.3 is 5.82 Å². The second-order valence-corrected chi connectivity index (χ2v) is 6.02. The first-order valence-corrected chi connectivity index (χ1v) is 7.09. The summed E-state index contributed by atoms with van der Waals surface area (Å²) in [5.41, 5.74) is 5.23. The van der Waals surface area contributed by atoms with Gasteiger partial charge in [0, 0.05) is 11.1 Å². The Hall–Kier alpha value is -1.71. The number of fused-ring (bicyclic) bond motifs is 12. The van der Waals surface area contributed by atoms with Crippen LogP contribution in [0.5, 0.6) is 0 Å². The van der Waals surface area contributed by atoms with E-state index in [9.17, 15) is 4.79 Å². The molecule has 0 radical (unpaired) electrons. The molecule has 3 atom stereocenters. The summed E-state index contributed by atoms with van der Waals surface area (Å²) >= 11 is 0. The van der Waals surface area contributed by atoms with Crippen molar-refractivity contribution in [3.63, 3.8) is 0 Å². The molecule has 4 nitrogen and oxygen atoms in total. The molecule has 0 saturated heterocycles. The zero-order valence-electron chi connectivity index (χ0n) is 10.7. The van der Waals surface area contributed by atoms with Crippen molar-refractivity contribution in [3.05, 3.63) is 21.7 Å². The molecule has 3 heterocycles. The molecule has 3 unspecified atom stereocenters. The number of furan rings is 2. The minimum absolute atomic E-state index is 0.526. The second-order valence-electron chi connectivity index (χ2n) is 6.02. The van der Waals surface area contributed by atoms with E-state index in [4.69, 9.17) is 13.3 Å². The highest BCUT2D eigenvalue weighted by Gasteiger charge is 2.49. The van der Waals surface area contributed by atoms with Crippen molar-refractivity contribution in [2.75, 3.05) is 0 Å². The topological polar surface area (TPSA) is 56.5 Å². The standard InChI is InChI=1S/C15H14O4/c1-2-3-6-4-7-5-8(6)10-9(7)11-13-14(12(10)17-11)19-15(16)18-13/h6-8H,2-5H2,1H3. The van der Waals surface area contributed by atoms with Crippen LogP contribution < -0.4 is 5.82 Å².